The molecule has 2 heterocycles. The van der Waals surface area contributed by atoms with Crippen LogP contribution in [0.1, 0.15) is 17.5 Å². The van der Waals surface area contributed by atoms with Crippen molar-refractivity contribution >= 4 is 21.6 Å². The number of nitrogens with zero attached hydrogens (tertiary/aromatic N) is 2. The van der Waals surface area contributed by atoms with Crippen LogP contribution in [0.15, 0.2) is 48.0 Å². The van der Waals surface area contributed by atoms with E-state index in [2.05, 4.69) is 16.0 Å². The number of aliphatic hydroxyl groups excluding tert-OH is 2. The van der Waals surface area contributed by atoms with Crippen molar-refractivity contribution in [2.45, 2.75) is 25.5 Å². The molecule has 3 aromatic rings. The van der Waals surface area contributed by atoms with Crippen molar-refractivity contribution in [3.8, 4) is 0 Å². The molecule has 0 saturated carbocycles. The van der Waals surface area contributed by atoms with E-state index in [1.165, 1.54) is 22.4 Å². The molecule has 27 heavy (non-hydrogen) atoms. The van der Waals surface area contributed by atoms with Gasteiger partial charge < -0.3 is 10.2 Å². The van der Waals surface area contributed by atoms with Crippen LogP contribution in [-0.4, -0.2) is 45.9 Å². The summed E-state index contributed by atoms with van der Waals surface area (Å²) in [7, 11) is 0. The lowest BCUT2D eigenvalue weighted by Gasteiger charge is -2.45. The fourth-order valence-corrected chi connectivity index (χ4v) is 4.88. The third-order valence-corrected chi connectivity index (χ3v) is 6.50. The van der Waals surface area contributed by atoms with Crippen molar-refractivity contribution in [3.05, 3.63) is 64.9 Å². The summed E-state index contributed by atoms with van der Waals surface area (Å²) in [6.07, 6.45) is 0.551. The average Bonchev–Trinajstić information content (AvgIpc) is 3.16. The maximum atomic E-state index is 13.2. The molecule has 0 spiro atoms. The van der Waals surface area contributed by atoms with Gasteiger partial charge in [0, 0.05) is 25.0 Å². The summed E-state index contributed by atoms with van der Waals surface area (Å²) in [5, 5.41) is 20.9. The number of hydrogen-bond donors (Lipinski definition) is 2. The zero-order valence-corrected chi connectivity index (χ0v) is 15.8. The molecule has 1 aromatic heterocycles. The Morgan fingerprint density at radius 3 is 2.81 bits per heavy atom. The van der Waals surface area contributed by atoms with Crippen molar-refractivity contribution in [1.29, 1.82) is 0 Å². The van der Waals surface area contributed by atoms with Gasteiger partial charge in [0.05, 0.1) is 28.4 Å². The van der Waals surface area contributed by atoms with Gasteiger partial charge in [-0.2, -0.15) is 0 Å². The molecule has 0 amide bonds. The van der Waals surface area contributed by atoms with E-state index in [-0.39, 0.29) is 12.4 Å². The van der Waals surface area contributed by atoms with Crippen molar-refractivity contribution in [3.63, 3.8) is 0 Å². The third-order valence-electron chi connectivity index (χ3n) is 5.58. The number of aliphatic hydroxyl groups is 2. The number of rotatable bonds is 5. The zero-order valence-electron chi connectivity index (χ0n) is 15.0. The molecule has 6 heteroatoms. The smallest absolute Gasteiger partial charge is 0.123 e. The summed E-state index contributed by atoms with van der Waals surface area (Å²) >= 11 is 1.64. The Morgan fingerprint density at radius 1 is 1.22 bits per heavy atom. The second-order valence-corrected chi connectivity index (χ2v) is 8.31. The molecule has 142 valence electrons. The Balaban J connectivity index is 1.55. The van der Waals surface area contributed by atoms with E-state index >= 15 is 0 Å². The van der Waals surface area contributed by atoms with Crippen LogP contribution in [0.5, 0.6) is 0 Å². The van der Waals surface area contributed by atoms with Crippen molar-refractivity contribution in [2.75, 3.05) is 19.7 Å². The van der Waals surface area contributed by atoms with Gasteiger partial charge in [0.15, 0.2) is 0 Å². The van der Waals surface area contributed by atoms with Crippen molar-refractivity contribution < 1.29 is 14.6 Å². The van der Waals surface area contributed by atoms with Gasteiger partial charge in [-0.25, -0.2) is 9.37 Å². The minimum atomic E-state index is -0.641. The minimum absolute atomic E-state index is 0.104. The van der Waals surface area contributed by atoms with E-state index in [0.717, 1.165) is 24.2 Å². The lowest BCUT2D eigenvalue weighted by Crippen LogP contribution is -2.54. The number of likely N-dealkylation sites (tertiary alicyclic amines) is 1. The number of hydrogen-bond acceptors (Lipinski definition) is 5. The van der Waals surface area contributed by atoms with Gasteiger partial charge in [0.25, 0.3) is 0 Å². The van der Waals surface area contributed by atoms with Gasteiger partial charge in [-0.3, -0.25) is 4.90 Å². The van der Waals surface area contributed by atoms with Gasteiger partial charge in [0.1, 0.15) is 5.82 Å². The van der Waals surface area contributed by atoms with Crippen LogP contribution in [0.4, 0.5) is 4.39 Å². The van der Waals surface area contributed by atoms with Crippen LogP contribution >= 0.6 is 11.3 Å². The first-order valence-electron chi connectivity index (χ1n) is 9.16. The predicted molar refractivity (Wildman–Crippen MR) is 105 cm³/mol. The Hall–Kier alpha value is -1.86. The van der Waals surface area contributed by atoms with Crippen LogP contribution in [-0.2, 0) is 13.0 Å². The van der Waals surface area contributed by atoms with Crippen LogP contribution in [0.25, 0.3) is 10.2 Å². The Morgan fingerprint density at radius 2 is 2.04 bits per heavy atom. The molecule has 2 aromatic carbocycles. The molecule has 4 rings (SSSR count). The summed E-state index contributed by atoms with van der Waals surface area (Å²) in [6, 6.07) is 12.5. The topological polar surface area (TPSA) is 56.6 Å². The fourth-order valence-electron chi connectivity index (χ4n) is 4.08. The quantitative estimate of drug-likeness (QED) is 0.707. The monoisotopic (exact) mass is 386 g/mol. The molecule has 0 aliphatic carbocycles. The first kappa shape index (κ1) is 18.5. The molecule has 1 fully saturated rings. The fraction of sp³-hybridized carbons (Fsp3) is 0.381. The highest BCUT2D eigenvalue weighted by molar-refractivity contribution is 7.16. The van der Waals surface area contributed by atoms with Crippen molar-refractivity contribution in [2.24, 2.45) is 5.41 Å². The minimum Gasteiger partial charge on any atom is -0.396 e. The lowest BCUT2D eigenvalue weighted by molar-refractivity contribution is -0.0767. The number of thiazole rings is 1. The summed E-state index contributed by atoms with van der Waals surface area (Å²) in [5.74, 6) is -0.278. The Labute approximate surface area is 161 Å². The van der Waals surface area contributed by atoms with Gasteiger partial charge >= 0.3 is 0 Å². The lowest BCUT2D eigenvalue weighted by atomic mass is 9.73. The Kier molecular flexibility index (Phi) is 5.23. The molecule has 2 N–H and O–H groups in total. The first-order chi connectivity index (χ1) is 13.1. The molecular formula is C21H23FN2O2S. The maximum absolute atomic E-state index is 13.2. The van der Waals surface area contributed by atoms with E-state index in [0.29, 0.717) is 19.4 Å². The van der Waals surface area contributed by atoms with Gasteiger partial charge in [0.2, 0.25) is 0 Å². The highest BCUT2D eigenvalue weighted by Crippen LogP contribution is 2.35. The summed E-state index contributed by atoms with van der Waals surface area (Å²) in [5.41, 5.74) is 4.38. The molecular weight excluding hydrogens is 363 g/mol. The molecule has 2 atom stereocenters. The molecule has 1 aliphatic heterocycles. The standard InChI is InChI=1S/C21H23FN2O2S/c22-17-6-4-15(5-7-17)10-21(13-25)12-24(9-8-19(21)26)11-16-2-1-3-18-20(16)27-14-23-18/h1-7,14,19,25-26H,8-13H2/t19-,21-/m0/s1. The van der Waals surface area contributed by atoms with Gasteiger partial charge in [-0.15, -0.1) is 11.3 Å². The molecule has 1 saturated heterocycles. The highest BCUT2D eigenvalue weighted by Gasteiger charge is 2.42. The van der Waals surface area contributed by atoms with Crippen LogP contribution in [0.3, 0.4) is 0 Å². The highest BCUT2D eigenvalue weighted by atomic mass is 32.1. The number of piperidine rings is 1. The molecule has 1 aliphatic rings. The number of fused-ring (bicyclic) bond motifs is 1. The van der Waals surface area contributed by atoms with Crippen LogP contribution in [0, 0.1) is 11.2 Å². The summed E-state index contributed by atoms with van der Waals surface area (Å²) in [4.78, 5) is 6.67. The third kappa shape index (κ3) is 3.75. The van der Waals surface area contributed by atoms with Gasteiger partial charge in [-0.05, 0) is 42.2 Å². The van der Waals surface area contributed by atoms with E-state index in [4.69, 9.17) is 0 Å². The van der Waals surface area contributed by atoms with Crippen LogP contribution in [0.2, 0.25) is 0 Å². The molecule has 0 bridgehead atoms. The number of aromatic nitrogens is 1. The SMILES string of the molecule is OC[C@]1(Cc2ccc(F)cc2)CN(Cc2cccc3ncsc23)CC[C@@H]1O. The van der Waals surface area contributed by atoms with E-state index < -0.39 is 11.5 Å². The first-order valence-corrected chi connectivity index (χ1v) is 10.0. The molecule has 0 radical (unpaired) electrons. The number of halogens is 1. The van der Waals surface area contributed by atoms with Crippen LogP contribution < -0.4 is 0 Å². The normalized spacial score (nSPS) is 23.7. The largest absolute Gasteiger partial charge is 0.396 e. The number of benzene rings is 2. The summed E-state index contributed by atoms with van der Waals surface area (Å²) in [6.45, 7) is 2.03. The average molecular weight is 386 g/mol. The van der Waals surface area contributed by atoms with Gasteiger partial charge in [-0.1, -0.05) is 24.3 Å². The van der Waals surface area contributed by atoms with E-state index in [9.17, 15) is 14.6 Å². The molecule has 4 nitrogen and oxygen atoms in total. The van der Waals surface area contributed by atoms with E-state index in [1.807, 2.05) is 17.6 Å². The Bertz CT molecular complexity index is 914. The second-order valence-electron chi connectivity index (χ2n) is 7.46. The maximum Gasteiger partial charge on any atom is 0.123 e. The summed E-state index contributed by atoms with van der Waals surface area (Å²) < 4.78 is 14.4. The second kappa shape index (κ2) is 7.64. The molecule has 0 unspecified atom stereocenters. The van der Waals surface area contributed by atoms with Crippen molar-refractivity contribution in [1.82, 2.24) is 9.88 Å². The van der Waals surface area contributed by atoms with E-state index in [1.54, 1.807) is 23.5 Å². The predicted octanol–water partition coefficient (Wildman–Crippen LogP) is 3.22. The zero-order chi connectivity index (χ0) is 18.9.